The average Bonchev–Trinajstić information content (AvgIpc) is 1.36. The monoisotopic (exact) mass is 178 g/mol. The minimum Gasteiger partial charge on any atom is -1.00 e. The van der Waals surface area contributed by atoms with Crippen molar-refractivity contribution in [1.82, 2.24) is 0 Å². The standard InChI is InChI=1S/C2H2O4.4FH.Li.H/c3-1(4)2(5)6;;;;;;/h(H,3,4)(H,5,6);4*1H;;/q;;;;;+1;-1. The first kappa shape index (κ1) is 48.5. The molecular weight excluding hydrogens is 171 g/mol. The third kappa shape index (κ3) is 46.0. The van der Waals surface area contributed by atoms with E-state index in [1.54, 1.807) is 0 Å². The van der Waals surface area contributed by atoms with Crippen LogP contribution in [0.3, 0.4) is 0 Å². The van der Waals surface area contributed by atoms with Crippen LogP contribution in [0.25, 0.3) is 0 Å². The molecule has 0 atom stereocenters. The van der Waals surface area contributed by atoms with Gasteiger partial charge in [0.15, 0.2) is 0 Å². The maximum Gasteiger partial charge on any atom is 1.00 e. The second kappa shape index (κ2) is 22.8. The van der Waals surface area contributed by atoms with Gasteiger partial charge in [0, 0.05) is 0 Å². The Labute approximate surface area is 71.7 Å². The van der Waals surface area contributed by atoms with Crippen molar-refractivity contribution < 1.29 is 58.9 Å². The zero-order valence-electron chi connectivity index (χ0n) is 6.34. The van der Waals surface area contributed by atoms with E-state index in [1.807, 2.05) is 0 Å². The van der Waals surface area contributed by atoms with Crippen molar-refractivity contribution >= 4 is 11.9 Å². The van der Waals surface area contributed by atoms with Crippen LogP contribution in [0.1, 0.15) is 1.43 Å². The van der Waals surface area contributed by atoms with Crippen molar-refractivity contribution in [3.8, 4) is 0 Å². The number of halogens is 4. The van der Waals surface area contributed by atoms with Crippen molar-refractivity contribution in [1.29, 1.82) is 0 Å². The van der Waals surface area contributed by atoms with Gasteiger partial charge in [-0.25, -0.2) is 9.59 Å². The van der Waals surface area contributed by atoms with Crippen LogP contribution in [0.4, 0.5) is 18.8 Å². The summed E-state index contributed by atoms with van der Waals surface area (Å²) in [6.07, 6.45) is 0. The maximum atomic E-state index is 9.10. The number of carboxylic acids is 2. The van der Waals surface area contributed by atoms with E-state index in [1.165, 1.54) is 0 Å². The normalized spacial score (nSPS) is 4.00. The first-order valence-corrected chi connectivity index (χ1v) is 1.11. The predicted molar refractivity (Wildman–Crippen MR) is 26.4 cm³/mol. The molecule has 0 bridgehead atoms. The molecule has 0 aliphatic heterocycles. The van der Waals surface area contributed by atoms with Gasteiger partial charge in [-0.2, -0.15) is 0 Å². The van der Waals surface area contributed by atoms with Crippen LogP contribution in [0.15, 0.2) is 0 Å². The quantitative estimate of drug-likeness (QED) is 0.234. The molecule has 11 heavy (non-hydrogen) atoms. The van der Waals surface area contributed by atoms with Crippen molar-refractivity contribution in [2.24, 2.45) is 0 Å². The Morgan fingerprint density at radius 2 is 0.909 bits per heavy atom. The summed E-state index contributed by atoms with van der Waals surface area (Å²) in [5.41, 5.74) is 0. The van der Waals surface area contributed by atoms with Gasteiger partial charge in [0.05, 0.1) is 0 Å². The van der Waals surface area contributed by atoms with Gasteiger partial charge in [0.2, 0.25) is 0 Å². The van der Waals surface area contributed by atoms with E-state index in [2.05, 4.69) is 0 Å². The number of carboxylic acid groups (broad SMARTS) is 2. The van der Waals surface area contributed by atoms with E-state index < -0.39 is 11.9 Å². The molecule has 0 aromatic heterocycles. The van der Waals surface area contributed by atoms with Gasteiger partial charge in [0.25, 0.3) is 0 Å². The Bertz CT molecular complexity index is 91.1. The molecule has 0 fully saturated rings. The third-order valence-electron chi connectivity index (χ3n) is 0.183. The first-order valence-electron chi connectivity index (χ1n) is 1.11. The molecule has 0 spiro atoms. The fraction of sp³-hybridized carbons (Fsp3) is 0. The van der Waals surface area contributed by atoms with Crippen molar-refractivity contribution in [3.05, 3.63) is 0 Å². The molecule has 0 aliphatic carbocycles. The summed E-state index contributed by atoms with van der Waals surface area (Å²) in [5, 5.41) is 14.8. The third-order valence-corrected chi connectivity index (χ3v) is 0.183. The molecule has 0 radical (unpaired) electrons. The van der Waals surface area contributed by atoms with Gasteiger partial charge in [0.1, 0.15) is 0 Å². The first-order chi connectivity index (χ1) is 2.64. The number of rotatable bonds is 0. The van der Waals surface area contributed by atoms with E-state index in [9.17, 15) is 0 Å². The molecule has 0 aromatic carbocycles. The second-order valence-electron chi connectivity index (χ2n) is 0.610. The summed E-state index contributed by atoms with van der Waals surface area (Å²) in [4.78, 5) is 18.2. The fourth-order valence-corrected chi connectivity index (χ4v) is 0. The number of aliphatic carboxylic acids is 2. The van der Waals surface area contributed by atoms with E-state index in [0.29, 0.717) is 0 Å². The fourth-order valence-electron chi connectivity index (χ4n) is 0. The molecule has 0 unspecified atom stereocenters. The van der Waals surface area contributed by atoms with Crippen LogP contribution in [0, 0.1) is 0 Å². The molecule has 0 saturated carbocycles. The number of hydrogen-bond donors (Lipinski definition) is 2. The van der Waals surface area contributed by atoms with Crippen LogP contribution < -0.4 is 18.9 Å². The van der Waals surface area contributed by atoms with Gasteiger partial charge in [-0.1, -0.05) is 0 Å². The zero-order valence-corrected chi connectivity index (χ0v) is 5.34. The Morgan fingerprint density at radius 1 is 0.818 bits per heavy atom. The molecule has 0 aliphatic rings. The molecule has 9 heteroatoms. The maximum absolute atomic E-state index is 9.10. The van der Waals surface area contributed by atoms with Crippen molar-refractivity contribution in [2.45, 2.75) is 0 Å². The zero-order chi connectivity index (χ0) is 5.15. The van der Waals surface area contributed by atoms with Gasteiger partial charge in [-0.15, -0.1) is 0 Å². The topological polar surface area (TPSA) is 74.6 Å². The van der Waals surface area contributed by atoms with Gasteiger partial charge >= 0.3 is 30.8 Å². The predicted octanol–water partition coefficient (Wildman–Crippen LogP) is -3.12. The molecule has 2 N–H and O–H groups in total. The molecular formula is C2H7F4LiO4. The molecule has 0 amide bonds. The Hall–Kier alpha value is -0.743. The van der Waals surface area contributed by atoms with Crippen LogP contribution in [-0.4, -0.2) is 22.2 Å². The van der Waals surface area contributed by atoms with Crippen LogP contribution in [0.5, 0.6) is 0 Å². The van der Waals surface area contributed by atoms with Crippen molar-refractivity contribution in [2.75, 3.05) is 0 Å². The van der Waals surface area contributed by atoms with Gasteiger partial charge in [-0.3, -0.25) is 18.8 Å². The van der Waals surface area contributed by atoms with Gasteiger partial charge < -0.3 is 11.6 Å². The molecule has 0 aromatic rings. The summed E-state index contributed by atoms with van der Waals surface area (Å²) in [5.74, 6) is -3.65. The largest absolute Gasteiger partial charge is 1.00 e. The summed E-state index contributed by atoms with van der Waals surface area (Å²) in [6.45, 7) is 0. The van der Waals surface area contributed by atoms with Gasteiger partial charge in [-0.05, 0) is 0 Å². The van der Waals surface area contributed by atoms with E-state index in [4.69, 9.17) is 19.8 Å². The molecule has 0 saturated heterocycles. The minimum atomic E-state index is -1.82. The van der Waals surface area contributed by atoms with E-state index in [0.717, 1.165) is 0 Å². The van der Waals surface area contributed by atoms with Crippen LogP contribution in [0.2, 0.25) is 0 Å². The summed E-state index contributed by atoms with van der Waals surface area (Å²) in [6, 6.07) is 0. The molecule has 68 valence electrons. The van der Waals surface area contributed by atoms with E-state index in [-0.39, 0.29) is 39.1 Å². The smallest absolute Gasteiger partial charge is 1.00 e. The van der Waals surface area contributed by atoms with Crippen LogP contribution >= 0.6 is 0 Å². The summed E-state index contributed by atoms with van der Waals surface area (Å²) < 4.78 is 0. The number of hydrogen-bond acceptors (Lipinski definition) is 2. The minimum absolute atomic E-state index is 0. The SMILES string of the molecule is F.F.F.F.O=C(O)C(=O)O.[H-].[Li+]. The summed E-state index contributed by atoms with van der Waals surface area (Å²) >= 11 is 0. The molecule has 4 nitrogen and oxygen atoms in total. The Morgan fingerprint density at radius 3 is 0.909 bits per heavy atom. The molecule has 0 rings (SSSR count). The van der Waals surface area contributed by atoms with Crippen LogP contribution in [-0.2, 0) is 9.59 Å². The Balaban J connectivity index is -0.00000000833. The second-order valence-corrected chi connectivity index (χ2v) is 0.610. The number of carbonyl (C=O) groups is 2. The summed E-state index contributed by atoms with van der Waals surface area (Å²) in [7, 11) is 0. The average molecular weight is 178 g/mol. The van der Waals surface area contributed by atoms with E-state index >= 15 is 0 Å². The Kier molecular flexibility index (Phi) is 101. The molecule has 0 heterocycles. The van der Waals surface area contributed by atoms with Crippen molar-refractivity contribution in [3.63, 3.8) is 0 Å².